The largest absolute Gasteiger partial charge is 0.478 e. The van der Waals surface area contributed by atoms with Crippen LogP contribution in [0.25, 0.3) is 17.4 Å². The summed E-state index contributed by atoms with van der Waals surface area (Å²) in [5.74, 6) is -0.431. The van der Waals surface area contributed by atoms with E-state index in [0.29, 0.717) is 32.2 Å². The third-order valence-corrected chi connectivity index (χ3v) is 4.96. The molecule has 1 aromatic carbocycles. The van der Waals surface area contributed by atoms with E-state index in [1.54, 1.807) is 44.4 Å². The second-order valence-corrected chi connectivity index (χ2v) is 6.62. The van der Waals surface area contributed by atoms with Crippen LogP contribution >= 0.6 is 23.4 Å². The predicted octanol–water partition coefficient (Wildman–Crippen LogP) is 3.83. The van der Waals surface area contributed by atoms with Gasteiger partial charge in [0.25, 0.3) is 5.91 Å². The molecule has 8 heteroatoms. The van der Waals surface area contributed by atoms with E-state index < -0.39 is 5.97 Å². The molecule has 2 aromatic rings. The summed E-state index contributed by atoms with van der Waals surface area (Å²) in [5.41, 5.74) is 0.465. The molecule has 2 heterocycles. The molecule has 6 nitrogen and oxygen atoms in total. The van der Waals surface area contributed by atoms with Crippen molar-refractivity contribution in [1.82, 2.24) is 4.90 Å². The van der Waals surface area contributed by atoms with E-state index in [9.17, 15) is 14.7 Å². The van der Waals surface area contributed by atoms with Gasteiger partial charge in [-0.15, -0.1) is 0 Å². The summed E-state index contributed by atoms with van der Waals surface area (Å²) in [6, 6.07) is 7.89. The number of furan rings is 1. The zero-order valence-electron chi connectivity index (χ0n) is 13.3. The van der Waals surface area contributed by atoms with Crippen LogP contribution in [0.15, 0.2) is 44.6 Å². The van der Waals surface area contributed by atoms with E-state index >= 15 is 0 Å². The molecule has 0 bridgehead atoms. The van der Waals surface area contributed by atoms with Crippen LogP contribution in [0.5, 0.6) is 0 Å². The Labute approximate surface area is 152 Å². The summed E-state index contributed by atoms with van der Waals surface area (Å²) < 4.78 is 5.71. The van der Waals surface area contributed by atoms with Crippen molar-refractivity contribution in [2.75, 3.05) is 14.1 Å². The Balaban J connectivity index is 1.96. The standard InChI is InChI=1S/C17H13ClN2O4S/c1-19-17-20(2)15(21)14(25-17)8-10-4-6-13(24-10)11-5-3-9(18)7-12(11)16(22)23/h3-8H,1-2H3,(H,22,23). The molecule has 1 aromatic heterocycles. The molecule has 1 fully saturated rings. The fraction of sp³-hybridized carbons (Fsp3) is 0.118. The van der Waals surface area contributed by atoms with Gasteiger partial charge in [-0.1, -0.05) is 11.6 Å². The normalized spacial score (nSPS) is 17.7. The van der Waals surface area contributed by atoms with Crippen molar-refractivity contribution in [2.24, 2.45) is 4.99 Å². The number of amides is 1. The smallest absolute Gasteiger partial charge is 0.336 e. The lowest BCUT2D eigenvalue weighted by Crippen LogP contribution is -2.23. The number of benzene rings is 1. The van der Waals surface area contributed by atoms with E-state index in [1.165, 1.54) is 22.7 Å². The summed E-state index contributed by atoms with van der Waals surface area (Å²) in [5, 5.41) is 10.3. The van der Waals surface area contributed by atoms with Gasteiger partial charge < -0.3 is 9.52 Å². The van der Waals surface area contributed by atoms with Gasteiger partial charge in [0, 0.05) is 30.8 Å². The highest BCUT2D eigenvalue weighted by atomic mass is 35.5. The van der Waals surface area contributed by atoms with E-state index in [-0.39, 0.29) is 11.5 Å². The van der Waals surface area contributed by atoms with Crippen LogP contribution in [-0.2, 0) is 4.79 Å². The number of aliphatic imine (C=N–C) groups is 1. The molecule has 0 aliphatic carbocycles. The van der Waals surface area contributed by atoms with Gasteiger partial charge in [-0.25, -0.2) is 4.79 Å². The number of hydrogen-bond acceptors (Lipinski definition) is 5. The molecule has 3 rings (SSSR count). The zero-order chi connectivity index (χ0) is 18.1. The predicted molar refractivity (Wildman–Crippen MR) is 97.8 cm³/mol. The van der Waals surface area contributed by atoms with E-state index in [1.807, 2.05) is 0 Å². The number of rotatable bonds is 3. The zero-order valence-corrected chi connectivity index (χ0v) is 14.9. The number of carboxylic acid groups (broad SMARTS) is 1. The van der Waals surface area contributed by atoms with Gasteiger partial charge in [0.15, 0.2) is 5.17 Å². The molecule has 1 aliphatic rings. The van der Waals surface area contributed by atoms with E-state index in [4.69, 9.17) is 16.0 Å². The van der Waals surface area contributed by atoms with Crippen molar-refractivity contribution in [1.29, 1.82) is 0 Å². The molecule has 0 atom stereocenters. The highest BCUT2D eigenvalue weighted by Gasteiger charge is 2.30. The molecule has 128 valence electrons. The molecule has 25 heavy (non-hydrogen) atoms. The Morgan fingerprint density at radius 3 is 2.76 bits per heavy atom. The molecule has 0 saturated carbocycles. The number of thioether (sulfide) groups is 1. The number of carbonyl (C=O) groups is 2. The van der Waals surface area contributed by atoms with Crippen LogP contribution in [-0.4, -0.2) is 41.1 Å². The van der Waals surface area contributed by atoms with E-state index in [2.05, 4.69) is 4.99 Å². The van der Waals surface area contributed by atoms with Crippen LogP contribution in [0.3, 0.4) is 0 Å². The van der Waals surface area contributed by atoms with Crippen LogP contribution in [0.2, 0.25) is 5.02 Å². The fourth-order valence-electron chi connectivity index (χ4n) is 2.36. The molecule has 0 radical (unpaired) electrons. The van der Waals surface area contributed by atoms with Gasteiger partial charge in [-0.2, -0.15) is 0 Å². The lowest BCUT2D eigenvalue weighted by molar-refractivity contribution is -0.121. The number of hydrogen-bond donors (Lipinski definition) is 1. The van der Waals surface area contributed by atoms with Gasteiger partial charge in [0.05, 0.1) is 10.5 Å². The summed E-state index contributed by atoms with van der Waals surface area (Å²) >= 11 is 7.12. The lowest BCUT2D eigenvalue weighted by atomic mass is 10.1. The molecule has 0 unspecified atom stereocenters. The van der Waals surface area contributed by atoms with Crippen molar-refractivity contribution in [3.8, 4) is 11.3 Å². The minimum absolute atomic E-state index is 0.0486. The highest BCUT2D eigenvalue weighted by molar-refractivity contribution is 8.18. The van der Waals surface area contributed by atoms with Crippen molar-refractivity contribution in [3.63, 3.8) is 0 Å². The van der Waals surface area contributed by atoms with Crippen LogP contribution in [0.4, 0.5) is 0 Å². The molecular weight excluding hydrogens is 364 g/mol. The fourth-order valence-corrected chi connectivity index (χ4v) is 3.44. The lowest BCUT2D eigenvalue weighted by Gasteiger charge is -2.05. The number of carbonyl (C=O) groups excluding carboxylic acids is 1. The Hall–Kier alpha value is -2.51. The van der Waals surface area contributed by atoms with Crippen molar-refractivity contribution in [3.05, 3.63) is 51.6 Å². The monoisotopic (exact) mass is 376 g/mol. The number of nitrogens with zero attached hydrogens (tertiary/aromatic N) is 2. The maximum Gasteiger partial charge on any atom is 0.336 e. The maximum absolute atomic E-state index is 12.2. The SMILES string of the molecule is CN=C1SC(=Cc2ccc(-c3ccc(Cl)cc3C(=O)O)o2)C(=O)N1C. The minimum atomic E-state index is -1.10. The molecule has 1 aliphatic heterocycles. The van der Waals surface area contributed by atoms with Gasteiger partial charge in [0.2, 0.25) is 0 Å². The average Bonchev–Trinajstić information content (AvgIpc) is 3.15. The molecule has 1 saturated heterocycles. The number of halogens is 1. The van der Waals surface area contributed by atoms with Crippen LogP contribution in [0.1, 0.15) is 16.1 Å². The van der Waals surface area contributed by atoms with E-state index in [0.717, 1.165) is 0 Å². The number of likely N-dealkylation sites (N-methyl/N-ethyl adjacent to an activating group) is 1. The Kier molecular flexibility index (Phi) is 4.69. The van der Waals surface area contributed by atoms with Crippen LogP contribution in [0, 0.1) is 0 Å². The molecule has 0 spiro atoms. The summed E-state index contributed by atoms with van der Waals surface area (Å²) in [7, 11) is 3.27. The first kappa shape index (κ1) is 17.3. The van der Waals surface area contributed by atoms with Gasteiger partial charge >= 0.3 is 5.97 Å². The first-order valence-corrected chi connectivity index (χ1v) is 8.37. The summed E-state index contributed by atoms with van der Waals surface area (Å²) in [6.45, 7) is 0. The van der Waals surface area contributed by atoms with Crippen molar-refractivity contribution in [2.45, 2.75) is 0 Å². The minimum Gasteiger partial charge on any atom is -0.478 e. The van der Waals surface area contributed by atoms with Crippen LogP contribution < -0.4 is 0 Å². The summed E-state index contributed by atoms with van der Waals surface area (Å²) in [4.78, 5) is 29.5. The quantitative estimate of drug-likeness (QED) is 0.823. The third kappa shape index (κ3) is 3.33. The molecule has 1 N–H and O–H groups in total. The second-order valence-electron chi connectivity index (χ2n) is 5.18. The number of carboxylic acids is 1. The van der Waals surface area contributed by atoms with Gasteiger partial charge in [-0.3, -0.25) is 14.7 Å². The van der Waals surface area contributed by atoms with Gasteiger partial charge in [-0.05, 0) is 42.1 Å². The Morgan fingerprint density at radius 2 is 2.12 bits per heavy atom. The summed E-state index contributed by atoms with van der Waals surface area (Å²) in [6.07, 6.45) is 1.61. The van der Waals surface area contributed by atoms with Crippen molar-refractivity contribution >= 4 is 46.5 Å². The Bertz CT molecular complexity index is 932. The number of aromatic carboxylic acids is 1. The average molecular weight is 377 g/mol. The first-order valence-electron chi connectivity index (χ1n) is 7.18. The first-order chi connectivity index (χ1) is 11.9. The Morgan fingerprint density at radius 1 is 1.36 bits per heavy atom. The maximum atomic E-state index is 12.2. The second kappa shape index (κ2) is 6.78. The molecular formula is C17H13ClN2O4S. The topological polar surface area (TPSA) is 83.1 Å². The number of amidine groups is 1. The van der Waals surface area contributed by atoms with Crippen molar-refractivity contribution < 1.29 is 19.1 Å². The third-order valence-electron chi connectivity index (χ3n) is 3.57. The molecule has 1 amide bonds. The van der Waals surface area contributed by atoms with Gasteiger partial charge in [0.1, 0.15) is 11.5 Å². The highest BCUT2D eigenvalue weighted by Crippen LogP contribution is 2.33.